The number of nitrogens with zero attached hydrogens (tertiary/aromatic N) is 1. The molecular formula is C14H13NO5S. The summed E-state index contributed by atoms with van der Waals surface area (Å²) in [5.41, 5.74) is 0.364. The van der Waals surface area contributed by atoms with E-state index >= 15 is 0 Å². The summed E-state index contributed by atoms with van der Waals surface area (Å²) in [6, 6.07) is 7.90. The number of aryl methyl sites for hydroxylation is 1. The lowest BCUT2D eigenvalue weighted by molar-refractivity contribution is -0.385. The molecule has 0 aliphatic rings. The number of hydrogen-bond donors (Lipinski definition) is 1. The fourth-order valence-electron chi connectivity index (χ4n) is 1.82. The second kappa shape index (κ2) is 6.36. The molecule has 7 heteroatoms. The lowest BCUT2D eigenvalue weighted by Gasteiger charge is -2.06. The van der Waals surface area contributed by atoms with E-state index in [9.17, 15) is 14.9 Å². The number of ether oxygens (including phenoxy) is 1. The highest BCUT2D eigenvalue weighted by molar-refractivity contribution is 7.14. The van der Waals surface area contributed by atoms with Crippen LogP contribution in [0.15, 0.2) is 30.3 Å². The third-order valence-electron chi connectivity index (χ3n) is 2.86. The molecule has 21 heavy (non-hydrogen) atoms. The third-order valence-corrected chi connectivity index (χ3v) is 4.11. The predicted octanol–water partition coefficient (Wildman–Crippen LogP) is 3.50. The van der Waals surface area contributed by atoms with Crippen LogP contribution in [0.25, 0.3) is 0 Å². The Bertz CT molecular complexity index is 680. The van der Waals surface area contributed by atoms with Gasteiger partial charge in [-0.2, -0.15) is 0 Å². The topological polar surface area (TPSA) is 89.7 Å². The van der Waals surface area contributed by atoms with Crippen molar-refractivity contribution in [2.45, 2.75) is 20.0 Å². The molecule has 0 fully saturated rings. The van der Waals surface area contributed by atoms with E-state index in [0.29, 0.717) is 12.0 Å². The number of nitro benzene ring substituents is 1. The van der Waals surface area contributed by atoms with E-state index in [2.05, 4.69) is 0 Å². The van der Waals surface area contributed by atoms with Crippen LogP contribution in [-0.2, 0) is 13.0 Å². The molecule has 6 nitrogen and oxygen atoms in total. The molecule has 0 aliphatic carbocycles. The van der Waals surface area contributed by atoms with Crippen LogP contribution in [-0.4, -0.2) is 16.0 Å². The second-order valence-electron chi connectivity index (χ2n) is 4.24. The maximum atomic E-state index is 11.2. The fourth-order valence-corrected chi connectivity index (χ4v) is 2.70. The normalized spacial score (nSPS) is 10.3. The lowest BCUT2D eigenvalue weighted by Crippen LogP contribution is -2.02. The van der Waals surface area contributed by atoms with Crippen molar-refractivity contribution in [2.24, 2.45) is 0 Å². The molecule has 0 spiro atoms. The molecule has 1 aromatic heterocycles. The van der Waals surface area contributed by atoms with Crippen molar-refractivity contribution in [2.75, 3.05) is 0 Å². The predicted molar refractivity (Wildman–Crippen MR) is 78.1 cm³/mol. The van der Waals surface area contributed by atoms with Gasteiger partial charge in [0, 0.05) is 10.9 Å². The highest BCUT2D eigenvalue weighted by Gasteiger charge is 2.18. The number of carboxylic acids is 1. The number of nitro groups is 1. The van der Waals surface area contributed by atoms with E-state index in [4.69, 9.17) is 9.84 Å². The van der Waals surface area contributed by atoms with Crippen LogP contribution in [0.5, 0.6) is 5.75 Å². The van der Waals surface area contributed by atoms with Crippen LogP contribution in [0.3, 0.4) is 0 Å². The van der Waals surface area contributed by atoms with Gasteiger partial charge in [-0.1, -0.05) is 19.1 Å². The molecule has 0 bridgehead atoms. The zero-order valence-corrected chi connectivity index (χ0v) is 12.1. The SMILES string of the molecule is CCc1cc(OCc2ccccc2[N+](=O)[O-])c(C(=O)O)s1. The van der Waals surface area contributed by atoms with Crippen molar-refractivity contribution in [1.82, 2.24) is 0 Å². The first-order chi connectivity index (χ1) is 10.0. The van der Waals surface area contributed by atoms with Crippen molar-refractivity contribution in [3.63, 3.8) is 0 Å². The molecular weight excluding hydrogens is 294 g/mol. The zero-order valence-electron chi connectivity index (χ0n) is 11.2. The average Bonchev–Trinajstić information content (AvgIpc) is 2.89. The van der Waals surface area contributed by atoms with E-state index in [1.807, 2.05) is 6.92 Å². The zero-order chi connectivity index (χ0) is 15.4. The molecule has 0 saturated heterocycles. The average molecular weight is 307 g/mol. The van der Waals surface area contributed by atoms with Crippen LogP contribution in [0.1, 0.15) is 27.0 Å². The van der Waals surface area contributed by atoms with Gasteiger partial charge in [-0.15, -0.1) is 11.3 Å². The molecule has 2 aromatic rings. The van der Waals surface area contributed by atoms with Crippen LogP contribution in [0, 0.1) is 10.1 Å². The number of rotatable bonds is 6. The van der Waals surface area contributed by atoms with Crippen molar-refractivity contribution in [1.29, 1.82) is 0 Å². The summed E-state index contributed by atoms with van der Waals surface area (Å²) in [7, 11) is 0. The summed E-state index contributed by atoms with van der Waals surface area (Å²) >= 11 is 1.15. The van der Waals surface area contributed by atoms with E-state index in [0.717, 1.165) is 16.2 Å². The summed E-state index contributed by atoms with van der Waals surface area (Å²) in [6.07, 6.45) is 0.708. The summed E-state index contributed by atoms with van der Waals surface area (Å²) in [6.45, 7) is 1.88. The van der Waals surface area contributed by atoms with E-state index in [-0.39, 0.29) is 22.9 Å². The van der Waals surface area contributed by atoms with Gasteiger partial charge in [-0.3, -0.25) is 10.1 Å². The highest BCUT2D eigenvalue weighted by Crippen LogP contribution is 2.31. The van der Waals surface area contributed by atoms with Gasteiger partial charge in [0.25, 0.3) is 5.69 Å². The smallest absolute Gasteiger partial charge is 0.349 e. The Hall–Kier alpha value is -2.41. The molecule has 1 aromatic carbocycles. The minimum atomic E-state index is -1.06. The number of para-hydroxylation sites is 1. The first kappa shape index (κ1) is 15.0. The van der Waals surface area contributed by atoms with E-state index in [1.54, 1.807) is 24.3 Å². The molecule has 0 aliphatic heterocycles. The number of carboxylic acid groups (broad SMARTS) is 1. The van der Waals surface area contributed by atoms with Gasteiger partial charge >= 0.3 is 5.97 Å². The van der Waals surface area contributed by atoms with Gasteiger partial charge in [0.1, 0.15) is 12.4 Å². The molecule has 2 rings (SSSR count). The quantitative estimate of drug-likeness (QED) is 0.651. The Morgan fingerprint density at radius 2 is 2.14 bits per heavy atom. The summed E-state index contributed by atoms with van der Waals surface area (Å²) in [5, 5.41) is 20.1. The largest absolute Gasteiger partial charge is 0.487 e. The number of benzene rings is 1. The maximum Gasteiger partial charge on any atom is 0.349 e. The van der Waals surface area contributed by atoms with E-state index < -0.39 is 10.9 Å². The Labute approximate surface area is 124 Å². The molecule has 1 heterocycles. The first-order valence-electron chi connectivity index (χ1n) is 6.24. The second-order valence-corrected chi connectivity index (χ2v) is 5.38. The summed E-state index contributed by atoms with van der Waals surface area (Å²) in [4.78, 5) is 22.6. The summed E-state index contributed by atoms with van der Waals surface area (Å²) in [5.74, 6) is -0.806. The number of aromatic carboxylic acids is 1. The van der Waals surface area contributed by atoms with Crippen molar-refractivity contribution in [3.05, 3.63) is 55.8 Å². The number of hydrogen-bond acceptors (Lipinski definition) is 5. The van der Waals surface area contributed by atoms with Crippen LogP contribution in [0.2, 0.25) is 0 Å². The third kappa shape index (κ3) is 3.38. The van der Waals surface area contributed by atoms with Gasteiger partial charge in [-0.05, 0) is 18.6 Å². The van der Waals surface area contributed by atoms with Crippen LogP contribution >= 0.6 is 11.3 Å². The number of carbonyl (C=O) groups is 1. The highest BCUT2D eigenvalue weighted by atomic mass is 32.1. The monoisotopic (exact) mass is 307 g/mol. The molecule has 0 unspecified atom stereocenters. The Morgan fingerprint density at radius 1 is 1.43 bits per heavy atom. The molecule has 0 atom stereocenters. The Morgan fingerprint density at radius 3 is 2.76 bits per heavy atom. The lowest BCUT2D eigenvalue weighted by atomic mass is 10.2. The molecule has 1 N–H and O–H groups in total. The van der Waals surface area contributed by atoms with Gasteiger partial charge in [0.2, 0.25) is 0 Å². The van der Waals surface area contributed by atoms with Crippen molar-refractivity contribution < 1.29 is 19.6 Å². The van der Waals surface area contributed by atoms with Gasteiger partial charge in [0.05, 0.1) is 10.5 Å². The minimum absolute atomic E-state index is 0.0414. The van der Waals surface area contributed by atoms with Gasteiger partial charge in [-0.25, -0.2) is 4.79 Å². The standard InChI is InChI=1S/C14H13NO5S/c1-2-10-7-12(13(21-10)14(16)17)20-8-9-5-3-4-6-11(9)15(18)19/h3-7H,2,8H2,1H3,(H,16,17). The fraction of sp³-hybridized carbons (Fsp3) is 0.214. The van der Waals surface area contributed by atoms with E-state index in [1.165, 1.54) is 6.07 Å². The van der Waals surface area contributed by atoms with Gasteiger partial charge < -0.3 is 9.84 Å². The minimum Gasteiger partial charge on any atom is -0.487 e. The summed E-state index contributed by atoms with van der Waals surface area (Å²) < 4.78 is 5.48. The molecule has 0 amide bonds. The first-order valence-corrected chi connectivity index (χ1v) is 7.05. The number of thiophene rings is 1. The van der Waals surface area contributed by atoms with Crippen LogP contribution in [0.4, 0.5) is 5.69 Å². The Kier molecular flexibility index (Phi) is 4.54. The van der Waals surface area contributed by atoms with Crippen molar-refractivity contribution >= 4 is 23.0 Å². The maximum absolute atomic E-state index is 11.2. The molecule has 0 saturated carbocycles. The molecule has 0 radical (unpaired) electrons. The molecule has 110 valence electrons. The van der Waals surface area contributed by atoms with Crippen LogP contribution < -0.4 is 4.74 Å². The Balaban J connectivity index is 2.22. The van der Waals surface area contributed by atoms with Gasteiger partial charge in [0.15, 0.2) is 4.88 Å². The van der Waals surface area contributed by atoms with Crippen molar-refractivity contribution in [3.8, 4) is 5.75 Å².